The molecule has 2 aromatic heterocycles. The van der Waals surface area contributed by atoms with Gasteiger partial charge in [0.25, 0.3) is 0 Å². The number of aromatic nitrogens is 2. The lowest BCUT2D eigenvalue weighted by Crippen LogP contribution is -1.95. The highest BCUT2D eigenvalue weighted by Crippen LogP contribution is 2.20. The predicted octanol–water partition coefficient (Wildman–Crippen LogP) is 2.63. The average molecular weight is 230 g/mol. The first-order valence-electron chi connectivity index (χ1n) is 5.39. The largest absolute Gasteiger partial charge is 0.454 e. The van der Waals surface area contributed by atoms with Gasteiger partial charge in [-0.2, -0.15) is 0 Å². The van der Waals surface area contributed by atoms with E-state index < -0.39 is 6.10 Å². The first kappa shape index (κ1) is 11.5. The van der Waals surface area contributed by atoms with Gasteiger partial charge in [-0.25, -0.2) is 0 Å². The van der Waals surface area contributed by atoms with E-state index in [0.29, 0.717) is 17.2 Å². The molecular weight excluding hydrogens is 216 g/mol. The van der Waals surface area contributed by atoms with Gasteiger partial charge in [0, 0.05) is 5.69 Å². The summed E-state index contributed by atoms with van der Waals surface area (Å²) in [7, 11) is 0. The fourth-order valence-electron chi connectivity index (χ4n) is 1.35. The molecule has 2 rings (SSSR count). The van der Waals surface area contributed by atoms with Crippen LogP contribution in [-0.2, 0) is 0 Å². The number of ether oxygens (including phenoxy) is 1. The maximum Gasteiger partial charge on any atom is 0.145 e. The summed E-state index contributed by atoms with van der Waals surface area (Å²) < 4.78 is 5.56. The number of nitrogens with zero attached hydrogens (tertiary/aromatic N) is 2. The molecule has 0 saturated heterocycles. The minimum absolute atomic E-state index is 0.565. The molecule has 1 N–H and O–H groups in total. The Morgan fingerprint density at radius 2 is 1.71 bits per heavy atom. The number of aliphatic hydroxyl groups excluding tert-OH is 1. The van der Waals surface area contributed by atoms with Gasteiger partial charge < -0.3 is 9.84 Å². The topological polar surface area (TPSA) is 55.2 Å². The van der Waals surface area contributed by atoms with Crippen LogP contribution in [0.15, 0.2) is 36.7 Å². The SMILES string of the molecule is Cc1ccc(Oc2ccc(C(C)O)nc2)cn1. The van der Waals surface area contributed by atoms with Gasteiger partial charge in [0.15, 0.2) is 0 Å². The first-order valence-corrected chi connectivity index (χ1v) is 5.39. The fraction of sp³-hybridized carbons (Fsp3) is 0.231. The first-order chi connectivity index (χ1) is 8.15. The van der Waals surface area contributed by atoms with Gasteiger partial charge in [-0.05, 0) is 38.1 Å². The van der Waals surface area contributed by atoms with Crippen LogP contribution in [0.4, 0.5) is 0 Å². The van der Waals surface area contributed by atoms with Crippen molar-refractivity contribution in [3.8, 4) is 11.5 Å². The lowest BCUT2D eigenvalue weighted by atomic mass is 10.2. The molecule has 1 atom stereocenters. The van der Waals surface area contributed by atoms with Crippen molar-refractivity contribution in [3.05, 3.63) is 48.0 Å². The third kappa shape index (κ3) is 3.01. The van der Waals surface area contributed by atoms with Crippen molar-refractivity contribution in [1.29, 1.82) is 0 Å². The van der Waals surface area contributed by atoms with Gasteiger partial charge in [-0.3, -0.25) is 9.97 Å². The average Bonchev–Trinajstić information content (AvgIpc) is 2.33. The zero-order valence-electron chi connectivity index (χ0n) is 9.79. The molecule has 88 valence electrons. The van der Waals surface area contributed by atoms with E-state index in [2.05, 4.69) is 9.97 Å². The third-order valence-corrected chi connectivity index (χ3v) is 2.31. The zero-order chi connectivity index (χ0) is 12.3. The molecule has 0 fully saturated rings. The van der Waals surface area contributed by atoms with Gasteiger partial charge in [0.1, 0.15) is 11.5 Å². The van der Waals surface area contributed by atoms with Gasteiger partial charge in [0.05, 0.1) is 24.2 Å². The van der Waals surface area contributed by atoms with Crippen LogP contribution in [-0.4, -0.2) is 15.1 Å². The second-order valence-corrected chi connectivity index (χ2v) is 3.83. The molecule has 1 unspecified atom stereocenters. The highest BCUT2D eigenvalue weighted by atomic mass is 16.5. The molecule has 0 aromatic carbocycles. The number of pyridine rings is 2. The molecule has 0 saturated carbocycles. The lowest BCUT2D eigenvalue weighted by molar-refractivity contribution is 0.194. The molecule has 0 aliphatic heterocycles. The zero-order valence-corrected chi connectivity index (χ0v) is 9.79. The van der Waals surface area contributed by atoms with Crippen molar-refractivity contribution < 1.29 is 9.84 Å². The van der Waals surface area contributed by atoms with Crippen LogP contribution in [0.1, 0.15) is 24.4 Å². The molecule has 2 heterocycles. The van der Waals surface area contributed by atoms with E-state index in [1.165, 1.54) is 0 Å². The predicted molar refractivity (Wildman–Crippen MR) is 63.9 cm³/mol. The summed E-state index contributed by atoms with van der Waals surface area (Å²) in [4.78, 5) is 8.23. The van der Waals surface area contributed by atoms with Crippen molar-refractivity contribution in [1.82, 2.24) is 9.97 Å². The number of aryl methyl sites for hydroxylation is 1. The molecular formula is C13H14N2O2. The maximum atomic E-state index is 9.32. The second kappa shape index (κ2) is 4.93. The second-order valence-electron chi connectivity index (χ2n) is 3.83. The van der Waals surface area contributed by atoms with Gasteiger partial charge in [-0.1, -0.05) is 0 Å². The van der Waals surface area contributed by atoms with Crippen molar-refractivity contribution in [2.45, 2.75) is 20.0 Å². The summed E-state index contributed by atoms with van der Waals surface area (Å²) in [6.07, 6.45) is 2.69. The standard InChI is InChI=1S/C13H14N2O2/c1-9-3-4-11(7-14-9)17-12-5-6-13(10(2)16)15-8-12/h3-8,10,16H,1-2H3. The van der Waals surface area contributed by atoms with E-state index in [1.807, 2.05) is 19.1 Å². The molecule has 0 radical (unpaired) electrons. The summed E-state index contributed by atoms with van der Waals surface area (Å²) in [6, 6.07) is 7.24. The number of rotatable bonds is 3. The van der Waals surface area contributed by atoms with Crippen LogP contribution < -0.4 is 4.74 Å². The molecule has 4 nitrogen and oxygen atoms in total. The Bertz CT molecular complexity index is 478. The number of hydrogen-bond acceptors (Lipinski definition) is 4. The quantitative estimate of drug-likeness (QED) is 0.880. The van der Waals surface area contributed by atoms with Gasteiger partial charge >= 0.3 is 0 Å². The normalized spacial score (nSPS) is 12.2. The molecule has 2 aromatic rings. The van der Waals surface area contributed by atoms with Gasteiger partial charge in [0.2, 0.25) is 0 Å². The molecule has 0 aliphatic rings. The minimum Gasteiger partial charge on any atom is -0.454 e. The Hall–Kier alpha value is -1.94. The molecule has 0 aliphatic carbocycles. The Kier molecular flexibility index (Phi) is 3.35. The van der Waals surface area contributed by atoms with Crippen molar-refractivity contribution in [2.24, 2.45) is 0 Å². The summed E-state index contributed by atoms with van der Waals surface area (Å²) in [5.41, 5.74) is 1.57. The summed E-state index contributed by atoms with van der Waals surface area (Å²) in [5, 5.41) is 9.32. The maximum absolute atomic E-state index is 9.32. The van der Waals surface area contributed by atoms with Crippen LogP contribution in [0.5, 0.6) is 11.5 Å². The van der Waals surface area contributed by atoms with Crippen molar-refractivity contribution in [3.63, 3.8) is 0 Å². The van der Waals surface area contributed by atoms with Crippen molar-refractivity contribution in [2.75, 3.05) is 0 Å². The minimum atomic E-state index is -0.565. The van der Waals surface area contributed by atoms with Crippen LogP contribution in [0.2, 0.25) is 0 Å². The van der Waals surface area contributed by atoms with E-state index >= 15 is 0 Å². The monoisotopic (exact) mass is 230 g/mol. The van der Waals surface area contributed by atoms with E-state index in [0.717, 1.165) is 5.69 Å². The van der Waals surface area contributed by atoms with E-state index in [4.69, 9.17) is 4.74 Å². The summed E-state index contributed by atoms with van der Waals surface area (Å²) >= 11 is 0. The Morgan fingerprint density at radius 3 is 2.18 bits per heavy atom. The highest BCUT2D eigenvalue weighted by molar-refractivity contribution is 5.28. The van der Waals surface area contributed by atoms with Crippen LogP contribution in [0.3, 0.4) is 0 Å². The van der Waals surface area contributed by atoms with E-state index in [1.54, 1.807) is 31.5 Å². The van der Waals surface area contributed by atoms with E-state index in [9.17, 15) is 5.11 Å². The Labute approximate surface area is 99.9 Å². The highest BCUT2D eigenvalue weighted by Gasteiger charge is 2.03. The summed E-state index contributed by atoms with van der Waals surface area (Å²) in [5.74, 6) is 1.29. The third-order valence-electron chi connectivity index (χ3n) is 2.31. The molecule has 0 bridgehead atoms. The Morgan fingerprint density at radius 1 is 1.06 bits per heavy atom. The van der Waals surface area contributed by atoms with E-state index in [-0.39, 0.29) is 0 Å². The molecule has 0 amide bonds. The van der Waals surface area contributed by atoms with Crippen LogP contribution >= 0.6 is 0 Å². The molecule has 17 heavy (non-hydrogen) atoms. The number of aliphatic hydroxyl groups is 1. The van der Waals surface area contributed by atoms with Crippen LogP contribution in [0, 0.1) is 6.92 Å². The Balaban J connectivity index is 2.11. The van der Waals surface area contributed by atoms with Gasteiger partial charge in [-0.15, -0.1) is 0 Å². The number of hydrogen-bond donors (Lipinski definition) is 1. The fourth-order valence-corrected chi connectivity index (χ4v) is 1.35. The smallest absolute Gasteiger partial charge is 0.145 e. The van der Waals surface area contributed by atoms with Crippen molar-refractivity contribution >= 4 is 0 Å². The van der Waals surface area contributed by atoms with Crippen LogP contribution in [0.25, 0.3) is 0 Å². The molecule has 0 spiro atoms. The summed E-state index contributed by atoms with van der Waals surface area (Å²) in [6.45, 7) is 3.59. The lowest BCUT2D eigenvalue weighted by Gasteiger charge is -2.07. The molecule has 4 heteroatoms.